The van der Waals surface area contributed by atoms with E-state index in [1.807, 2.05) is 0 Å². The van der Waals surface area contributed by atoms with Gasteiger partial charge < -0.3 is 9.52 Å². The molecule has 0 bridgehead atoms. The summed E-state index contributed by atoms with van der Waals surface area (Å²) in [6.07, 6.45) is 7.82. The summed E-state index contributed by atoms with van der Waals surface area (Å²) in [5.41, 5.74) is -0.892. The van der Waals surface area contributed by atoms with Gasteiger partial charge in [0, 0.05) is 6.21 Å². The monoisotopic (exact) mass is 285 g/mol. The number of H-pyrrole nitrogens is 1. The lowest BCUT2D eigenvalue weighted by Crippen LogP contribution is -2.31. The fraction of sp³-hybridized carbons (Fsp3) is 0.0714. The van der Waals surface area contributed by atoms with Gasteiger partial charge in [-0.2, -0.15) is 0 Å². The molecule has 0 amide bonds. The van der Waals surface area contributed by atoms with Crippen LogP contribution >= 0.6 is 0 Å². The Bertz CT molecular complexity index is 853. The van der Waals surface area contributed by atoms with Crippen molar-refractivity contribution in [2.75, 3.05) is 0 Å². The fourth-order valence-corrected chi connectivity index (χ4v) is 1.96. The van der Waals surface area contributed by atoms with E-state index >= 15 is 0 Å². The lowest BCUT2D eigenvalue weighted by atomic mass is 10.2. The van der Waals surface area contributed by atoms with Gasteiger partial charge in [-0.1, -0.05) is 0 Å². The minimum Gasteiger partial charge on any atom is -0.494 e. The van der Waals surface area contributed by atoms with Crippen molar-refractivity contribution in [1.82, 2.24) is 9.55 Å². The second-order valence-corrected chi connectivity index (χ2v) is 4.37. The molecule has 2 aromatic rings. The Kier molecular flexibility index (Phi) is 3.15. The Labute approximate surface area is 118 Å². The van der Waals surface area contributed by atoms with E-state index < -0.39 is 17.1 Å². The Morgan fingerprint density at radius 2 is 2.29 bits per heavy atom. The number of hydrogen-bond donors (Lipinski definition) is 2. The SMILES string of the molecule is O=c1[nH]c(=O)n(Cc2ccco2)c(O)c1/C=C1/C=CC=N1. The Hall–Kier alpha value is -3.09. The summed E-state index contributed by atoms with van der Waals surface area (Å²) in [5, 5.41) is 10.2. The molecule has 0 atom stereocenters. The average Bonchev–Trinajstić information content (AvgIpc) is 3.13. The van der Waals surface area contributed by atoms with Crippen molar-refractivity contribution in [3.63, 3.8) is 0 Å². The number of hydrogen-bond acceptors (Lipinski definition) is 5. The van der Waals surface area contributed by atoms with Crippen molar-refractivity contribution in [2.45, 2.75) is 6.54 Å². The summed E-state index contributed by atoms with van der Waals surface area (Å²) in [6, 6.07) is 3.34. The van der Waals surface area contributed by atoms with Gasteiger partial charge in [-0.05, 0) is 30.4 Å². The maximum atomic E-state index is 11.8. The van der Waals surface area contributed by atoms with Gasteiger partial charge in [-0.15, -0.1) is 0 Å². The molecule has 0 saturated carbocycles. The van der Waals surface area contributed by atoms with Crippen LogP contribution < -0.4 is 11.2 Å². The molecule has 0 fully saturated rings. The maximum Gasteiger partial charge on any atom is 0.331 e. The Balaban J connectivity index is 2.11. The van der Waals surface area contributed by atoms with Gasteiger partial charge in [0.05, 0.1) is 18.5 Å². The van der Waals surface area contributed by atoms with Crippen molar-refractivity contribution >= 4 is 12.3 Å². The molecule has 2 N–H and O–H groups in total. The van der Waals surface area contributed by atoms with Crippen molar-refractivity contribution in [2.24, 2.45) is 4.99 Å². The number of aromatic hydroxyl groups is 1. The highest BCUT2D eigenvalue weighted by atomic mass is 16.3. The first-order valence-corrected chi connectivity index (χ1v) is 6.16. The molecule has 1 aliphatic heterocycles. The standard InChI is InChI=1S/C14H11N3O4/c18-12-11(7-9-3-1-5-15-9)13(19)17(14(20)16-12)8-10-4-2-6-21-10/h1-7,19H,8H2,(H,16,18,20)/b9-7-. The van der Waals surface area contributed by atoms with Crippen molar-refractivity contribution < 1.29 is 9.52 Å². The summed E-state index contributed by atoms with van der Waals surface area (Å²) in [7, 11) is 0. The largest absolute Gasteiger partial charge is 0.494 e. The number of nitrogens with zero attached hydrogens (tertiary/aromatic N) is 2. The quantitative estimate of drug-likeness (QED) is 0.873. The van der Waals surface area contributed by atoms with E-state index in [0.717, 1.165) is 4.57 Å². The average molecular weight is 285 g/mol. The second kappa shape index (κ2) is 5.12. The van der Waals surface area contributed by atoms with E-state index in [-0.39, 0.29) is 12.1 Å². The van der Waals surface area contributed by atoms with Crippen LogP contribution in [0.15, 0.2) is 55.2 Å². The number of aromatic nitrogens is 2. The van der Waals surface area contributed by atoms with Crippen LogP contribution in [0.4, 0.5) is 0 Å². The van der Waals surface area contributed by atoms with E-state index in [2.05, 4.69) is 9.98 Å². The number of aromatic amines is 1. The molecule has 3 rings (SSSR count). The molecule has 0 saturated heterocycles. The van der Waals surface area contributed by atoms with Gasteiger partial charge in [-0.25, -0.2) is 4.79 Å². The molecule has 3 heterocycles. The number of furan rings is 1. The number of aliphatic imine (C=N–C) groups is 1. The minimum absolute atomic E-state index is 0.0176. The first-order chi connectivity index (χ1) is 10.1. The van der Waals surface area contributed by atoms with Gasteiger partial charge in [0.2, 0.25) is 5.88 Å². The highest BCUT2D eigenvalue weighted by Gasteiger charge is 2.14. The molecule has 0 aliphatic carbocycles. The van der Waals surface area contributed by atoms with Gasteiger partial charge in [0.1, 0.15) is 11.3 Å². The van der Waals surface area contributed by atoms with Gasteiger partial charge >= 0.3 is 5.69 Å². The molecular formula is C14H11N3O4. The third-order valence-corrected chi connectivity index (χ3v) is 2.97. The molecule has 2 aromatic heterocycles. The van der Waals surface area contributed by atoms with Crippen LogP contribution in [0, 0.1) is 0 Å². The topological polar surface area (TPSA) is 101 Å². The predicted octanol–water partition coefficient (Wildman–Crippen LogP) is 0.865. The zero-order valence-electron chi connectivity index (χ0n) is 10.8. The molecule has 0 radical (unpaired) electrons. The van der Waals surface area contributed by atoms with Crippen LogP contribution in [0.2, 0.25) is 0 Å². The number of nitrogens with one attached hydrogen (secondary N) is 1. The summed E-state index contributed by atoms with van der Waals surface area (Å²) in [5.74, 6) is 0.0555. The lowest BCUT2D eigenvalue weighted by Gasteiger charge is -2.08. The van der Waals surface area contributed by atoms with Crippen LogP contribution in [-0.2, 0) is 6.54 Å². The third-order valence-electron chi connectivity index (χ3n) is 2.97. The summed E-state index contributed by atoms with van der Waals surface area (Å²) >= 11 is 0. The van der Waals surface area contributed by atoms with E-state index in [9.17, 15) is 14.7 Å². The Morgan fingerprint density at radius 1 is 1.43 bits per heavy atom. The van der Waals surface area contributed by atoms with Crippen LogP contribution in [0.25, 0.3) is 6.08 Å². The molecule has 0 spiro atoms. The first kappa shape index (κ1) is 12.9. The van der Waals surface area contributed by atoms with Crippen molar-refractivity contribution in [1.29, 1.82) is 0 Å². The number of rotatable bonds is 3. The van der Waals surface area contributed by atoms with E-state index in [1.165, 1.54) is 12.3 Å². The molecule has 0 aromatic carbocycles. The van der Waals surface area contributed by atoms with Crippen LogP contribution in [0.3, 0.4) is 0 Å². The lowest BCUT2D eigenvalue weighted by molar-refractivity contribution is 0.392. The molecule has 7 nitrogen and oxygen atoms in total. The molecule has 1 aliphatic rings. The van der Waals surface area contributed by atoms with Gasteiger partial charge in [-0.3, -0.25) is 19.3 Å². The predicted molar refractivity (Wildman–Crippen MR) is 76.4 cm³/mol. The molecule has 0 unspecified atom stereocenters. The summed E-state index contributed by atoms with van der Waals surface area (Å²) in [4.78, 5) is 29.8. The zero-order valence-corrected chi connectivity index (χ0v) is 10.8. The van der Waals surface area contributed by atoms with E-state index in [4.69, 9.17) is 4.42 Å². The molecule has 106 valence electrons. The van der Waals surface area contributed by atoms with Crippen LogP contribution in [0.5, 0.6) is 5.88 Å². The van der Waals surface area contributed by atoms with Crippen LogP contribution in [0.1, 0.15) is 11.3 Å². The molecule has 21 heavy (non-hydrogen) atoms. The Morgan fingerprint density at radius 3 is 2.95 bits per heavy atom. The highest BCUT2D eigenvalue weighted by Crippen LogP contribution is 2.17. The summed E-state index contributed by atoms with van der Waals surface area (Å²) in [6.45, 7) is 0.0176. The third kappa shape index (κ3) is 2.48. The fourth-order valence-electron chi connectivity index (χ4n) is 1.96. The van der Waals surface area contributed by atoms with Crippen molar-refractivity contribution in [3.05, 3.63) is 68.4 Å². The second-order valence-electron chi connectivity index (χ2n) is 4.37. The van der Waals surface area contributed by atoms with Crippen LogP contribution in [-0.4, -0.2) is 20.9 Å². The smallest absolute Gasteiger partial charge is 0.331 e. The highest BCUT2D eigenvalue weighted by molar-refractivity contribution is 5.79. The number of allylic oxidation sites excluding steroid dienone is 2. The molecular weight excluding hydrogens is 274 g/mol. The summed E-state index contributed by atoms with van der Waals surface area (Å²) < 4.78 is 6.16. The normalized spacial score (nSPS) is 15.1. The van der Waals surface area contributed by atoms with Gasteiger partial charge in [0.15, 0.2) is 0 Å². The maximum absolute atomic E-state index is 11.8. The van der Waals surface area contributed by atoms with E-state index in [1.54, 1.807) is 30.5 Å². The van der Waals surface area contributed by atoms with Gasteiger partial charge in [0.25, 0.3) is 5.56 Å². The zero-order chi connectivity index (χ0) is 14.8. The molecule has 7 heteroatoms. The minimum atomic E-state index is -0.707. The van der Waals surface area contributed by atoms with Crippen molar-refractivity contribution in [3.8, 4) is 5.88 Å². The van der Waals surface area contributed by atoms with E-state index in [0.29, 0.717) is 11.5 Å². The first-order valence-electron chi connectivity index (χ1n) is 6.16.